The highest BCUT2D eigenvalue weighted by molar-refractivity contribution is 7.88. The molecule has 0 amide bonds. The lowest BCUT2D eigenvalue weighted by Gasteiger charge is -2.18. The first-order valence-corrected chi connectivity index (χ1v) is 11.0. The second-order valence-corrected chi connectivity index (χ2v) is 8.75. The number of furan rings is 2. The Morgan fingerprint density at radius 1 is 0.933 bits per heavy atom. The lowest BCUT2D eigenvalue weighted by molar-refractivity contribution is 0.379. The maximum atomic E-state index is 12.8. The minimum Gasteiger partial charge on any atom is -0.464 e. The Labute approximate surface area is 174 Å². The molecule has 4 rings (SSSR count). The van der Waals surface area contributed by atoms with Crippen molar-refractivity contribution in [3.63, 3.8) is 0 Å². The largest absolute Gasteiger partial charge is 0.471 e. The number of hydrogen-bond acceptors (Lipinski definition) is 6. The van der Waals surface area contributed by atoms with Crippen LogP contribution in [-0.4, -0.2) is 31.5 Å². The van der Waals surface area contributed by atoms with Crippen LogP contribution in [0, 0.1) is 0 Å². The van der Waals surface area contributed by atoms with Crippen molar-refractivity contribution in [1.29, 1.82) is 0 Å². The van der Waals surface area contributed by atoms with Gasteiger partial charge in [0, 0.05) is 10.9 Å². The monoisotopic (exact) mass is 425 g/mol. The molecule has 0 fully saturated rings. The van der Waals surface area contributed by atoms with Gasteiger partial charge in [0.1, 0.15) is 11.3 Å². The number of benzene rings is 2. The molecular weight excluding hydrogens is 405 g/mol. The molecule has 0 spiro atoms. The van der Waals surface area contributed by atoms with Gasteiger partial charge < -0.3 is 18.9 Å². The smallest absolute Gasteiger partial charge is 0.464 e. The molecule has 9 heteroatoms. The molecule has 1 atom stereocenters. The van der Waals surface area contributed by atoms with Crippen molar-refractivity contribution in [3.05, 3.63) is 84.3 Å². The molecule has 7 nitrogen and oxygen atoms in total. The topological polar surface area (TPSA) is 113 Å². The summed E-state index contributed by atoms with van der Waals surface area (Å²) >= 11 is 0. The molecule has 0 aliphatic heterocycles. The van der Waals surface area contributed by atoms with Gasteiger partial charge in [-0.05, 0) is 35.7 Å². The molecule has 4 aromatic rings. The van der Waals surface area contributed by atoms with Crippen LogP contribution < -0.4 is 4.72 Å². The molecule has 0 saturated carbocycles. The van der Waals surface area contributed by atoms with Crippen LogP contribution >= 0.6 is 0 Å². The summed E-state index contributed by atoms with van der Waals surface area (Å²) < 4.78 is 39.0. The fourth-order valence-electron chi connectivity index (χ4n) is 3.43. The number of nitrogens with one attached hydrogen (secondary N) is 1. The normalized spacial score (nSPS) is 12.9. The van der Waals surface area contributed by atoms with Gasteiger partial charge in [-0.15, -0.1) is 0 Å². The first kappa shape index (κ1) is 20.4. The quantitative estimate of drug-likeness (QED) is 0.374. The molecule has 2 aromatic heterocycles. The van der Waals surface area contributed by atoms with Crippen LogP contribution in [0.25, 0.3) is 22.3 Å². The molecular formula is C21H20BNO6S. The van der Waals surface area contributed by atoms with Crippen molar-refractivity contribution in [2.75, 3.05) is 0 Å². The standard InChI is InChI=1S/C21H20BNO6S/c24-22(25)21(12-16-13-29-20-9-4-3-8-18(16)20)23-30(26,27)14-15-6-1-2-7-17(15)19-10-5-11-28-19/h1-11,13,21,23-25H,12,14H2/t21-/m0/s1. The molecule has 0 radical (unpaired) electrons. The summed E-state index contributed by atoms with van der Waals surface area (Å²) in [5, 5.41) is 20.4. The molecule has 0 unspecified atom stereocenters. The van der Waals surface area contributed by atoms with E-state index in [4.69, 9.17) is 8.83 Å². The third-order valence-corrected chi connectivity index (χ3v) is 6.19. The summed E-state index contributed by atoms with van der Waals surface area (Å²) in [5.74, 6) is -0.907. The van der Waals surface area contributed by atoms with E-state index in [1.54, 1.807) is 42.5 Å². The number of rotatable bonds is 8. The van der Waals surface area contributed by atoms with Gasteiger partial charge in [-0.2, -0.15) is 0 Å². The lowest BCUT2D eigenvalue weighted by Crippen LogP contribution is -2.48. The van der Waals surface area contributed by atoms with E-state index in [0.29, 0.717) is 28.0 Å². The summed E-state index contributed by atoms with van der Waals surface area (Å²) in [6, 6.07) is 17.8. The summed E-state index contributed by atoms with van der Waals surface area (Å²) in [5.41, 5.74) is 2.53. The van der Waals surface area contributed by atoms with Crippen molar-refractivity contribution in [3.8, 4) is 11.3 Å². The van der Waals surface area contributed by atoms with E-state index < -0.39 is 23.1 Å². The number of sulfonamides is 1. The van der Waals surface area contributed by atoms with Gasteiger partial charge in [0.25, 0.3) is 0 Å². The zero-order valence-corrected chi connectivity index (χ0v) is 16.7. The van der Waals surface area contributed by atoms with E-state index >= 15 is 0 Å². The maximum absolute atomic E-state index is 12.8. The summed E-state index contributed by atoms with van der Waals surface area (Å²) in [4.78, 5) is 0. The zero-order chi connectivity index (χ0) is 21.1. The van der Waals surface area contributed by atoms with Crippen molar-refractivity contribution in [2.24, 2.45) is 0 Å². The Morgan fingerprint density at radius 2 is 1.70 bits per heavy atom. The van der Waals surface area contributed by atoms with E-state index in [1.165, 1.54) is 12.5 Å². The van der Waals surface area contributed by atoms with Crippen LogP contribution in [0.3, 0.4) is 0 Å². The molecule has 0 bridgehead atoms. The first-order chi connectivity index (χ1) is 14.4. The minimum atomic E-state index is -3.89. The van der Waals surface area contributed by atoms with Gasteiger partial charge in [-0.3, -0.25) is 0 Å². The highest BCUT2D eigenvalue weighted by Gasteiger charge is 2.30. The second kappa shape index (κ2) is 8.49. The molecule has 0 aliphatic rings. The molecule has 0 aliphatic carbocycles. The maximum Gasteiger partial charge on any atom is 0.471 e. The van der Waals surface area contributed by atoms with E-state index in [1.807, 2.05) is 18.2 Å². The van der Waals surface area contributed by atoms with Crippen molar-refractivity contribution < 1.29 is 27.3 Å². The number of hydrogen-bond donors (Lipinski definition) is 3. The Morgan fingerprint density at radius 3 is 2.47 bits per heavy atom. The molecule has 30 heavy (non-hydrogen) atoms. The van der Waals surface area contributed by atoms with E-state index in [9.17, 15) is 18.5 Å². The molecule has 154 valence electrons. The third-order valence-electron chi connectivity index (χ3n) is 4.84. The summed E-state index contributed by atoms with van der Waals surface area (Å²) in [7, 11) is -5.77. The molecule has 0 saturated heterocycles. The van der Waals surface area contributed by atoms with Crippen LogP contribution in [0.5, 0.6) is 0 Å². The van der Waals surface area contributed by atoms with Crippen molar-refractivity contribution in [1.82, 2.24) is 4.72 Å². The number of para-hydroxylation sites is 1. The highest BCUT2D eigenvalue weighted by Crippen LogP contribution is 2.26. The van der Waals surface area contributed by atoms with Gasteiger partial charge >= 0.3 is 7.12 Å². The molecule has 3 N–H and O–H groups in total. The van der Waals surface area contributed by atoms with Gasteiger partial charge in [0.05, 0.1) is 24.2 Å². The fourth-order valence-corrected chi connectivity index (χ4v) is 4.84. The van der Waals surface area contributed by atoms with E-state index in [2.05, 4.69) is 4.72 Å². The lowest BCUT2D eigenvalue weighted by atomic mass is 9.77. The first-order valence-electron chi connectivity index (χ1n) is 9.36. The summed E-state index contributed by atoms with van der Waals surface area (Å²) in [6.07, 6.45) is 3.08. The van der Waals surface area contributed by atoms with Gasteiger partial charge in [-0.1, -0.05) is 42.5 Å². The SMILES string of the molecule is O=S(=O)(Cc1ccccc1-c1ccco1)N[C@@H](Cc1coc2ccccc12)B(O)O. The molecule has 2 heterocycles. The van der Waals surface area contributed by atoms with Crippen LogP contribution in [-0.2, 0) is 22.2 Å². The average molecular weight is 425 g/mol. The Bertz CT molecular complexity index is 1230. The minimum absolute atomic E-state index is 0.0632. The molecule has 2 aromatic carbocycles. The predicted molar refractivity (Wildman–Crippen MR) is 114 cm³/mol. The Balaban J connectivity index is 1.55. The van der Waals surface area contributed by atoms with Gasteiger partial charge in [0.2, 0.25) is 10.0 Å². The van der Waals surface area contributed by atoms with Crippen LogP contribution in [0.2, 0.25) is 0 Å². The van der Waals surface area contributed by atoms with Crippen LogP contribution in [0.1, 0.15) is 11.1 Å². The number of fused-ring (bicyclic) bond motifs is 1. The van der Waals surface area contributed by atoms with Crippen LogP contribution in [0.4, 0.5) is 0 Å². The average Bonchev–Trinajstić information content (AvgIpc) is 3.38. The Hall–Kier alpha value is -2.85. The Kier molecular flexibility index (Phi) is 5.78. The third kappa shape index (κ3) is 4.49. The predicted octanol–water partition coefficient (Wildman–Crippen LogP) is 2.74. The summed E-state index contributed by atoms with van der Waals surface area (Å²) in [6.45, 7) is 0. The van der Waals surface area contributed by atoms with Gasteiger partial charge in [0.15, 0.2) is 0 Å². The second-order valence-electron chi connectivity index (χ2n) is 6.99. The van der Waals surface area contributed by atoms with Crippen molar-refractivity contribution >= 4 is 28.1 Å². The van der Waals surface area contributed by atoms with Gasteiger partial charge in [-0.25, -0.2) is 13.1 Å². The van der Waals surface area contributed by atoms with E-state index in [0.717, 1.165) is 5.39 Å². The van der Waals surface area contributed by atoms with Crippen molar-refractivity contribution in [2.45, 2.75) is 18.1 Å². The van der Waals surface area contributed by atoms with Crippen LogP contribution in [0.15, 0.2) is 82.0 Å². The highest BCUT2D eigenvalue weighted by atomic mass is 32.2. The fraction of sp³-hybridized carbons (Fsp3) is 0.143. The zero-order valence-electron chi connectivity index (χ0n) is 15.9. The van der Waals surface area contributed by atoms with E-state index in [-0.39, 0.29) is 12.2 Å².